The number of methoxy groups -OCH3 is 1. The van der Waals surface area contributed by atoms with E-state index < -0.39 is 11.5 Å². The van der Waals surface area contributed by atoms with E-state index in [1.807, 2.05) is 18.2 Å². The van der Waals surface area contributed by atoms with Crippen LogP contribution in [0.4, 0.5) is 5.69 Å². The summed E-state index contributed by atoms with van der Waals surface area (Å²) in [6, 6.07) is 22.4. The SMILES string of the molecule is COc1ccc(C2Cc3ccccc3C23CCC(Nc2cccc(Cl)c2)(C(=O)O)CC3)c(C)c1. The molecule has 0 radical (unpaired) electrons. The molecule has 2 aliphatic carbocycles. The molecule has 1 unspecified atom stereocenters. The lowest BCUT2D eigenvalue weighted by Gasteiger charge is -2.47. The number of rotatable bonds is 5. The predicted molar refractivity (Wildman–Crippen MR) is 136 cm³/mol. The summed E-state index contributed by atoms with van der Waals surface area (Å²) in [5, 5.41) is 14.3. The van der Waals surface area contributed by atoms with Gasteiger partial charge in [0.1, 0.15) is 11.3 Å². The molecule has 1 fully saturated rings. The predicted octanol–water partition coefficient (Wildman–Crippen LogP) is 6.74. The van der Waals surface area contributed by atoms with Crippen molar-refractivity contribution in [1.29, 1.82) is 0 Å². The number of hydrogen-bond donors (Lipinski definition) is 2. The number of nitrogens with one attached hydrogen (secondary N) is 1. The van der Waals surface area contributed by atoms with E-state index in [2.05, 4.69) is 48.6 Å². The Bertz CT molecular complexity index is 1230. The fraction of sp³-hybridized carbons (Fsp3) is 0.345. The lowest BCUT2D eigenvalue weighted by atomic mass is 9.59. The van der Waals surface area contributed by atoms with Crippen LogP contribution in [0, 0.1) is 6.92 Å². The van der Waals surface area contributed by atoms with Crippen LogP contribution in [0.1, 0.15) is 53.9 Å². The molecule has 3 aromatic carbocycles. The molecule has 2 N–H and O–H groups in total. The van der Waals surface area contributed by atoms with Gasteiger partial charge in [0.25, 0.3) is 0 Å². The minimum absolute atomic E-state index is 0.0785. The Hall–Kier alpha value is -2.98. The van der Waals surface area contributed by atoms with Crippen LogP contribution in [-0.4, -0.2) is 23.7 Å². The maximum Gasteiger partial charge on any atom is 0.329 e. The normalized spacial score (nSPS) is 25.7. The van der Waals surface area contributed by atoms with E-state index in [0.717, 1.165) is 30.7 Å². The lowest BCUT2D eigenvalue weighted by Crippen LogP contribution is -2.52. The van der Waals surface area contributed by atoms with Gasteiger partial charge in [0.05, 0.1) is 7.11 Å². The van der Waals surface area contributed by atoms with Crippen molar-refractivity contribution in [3.63, 3.8) is 0 Å². The third-order valence-corrected chi connectivity index (χ3v) is 8.35. The lowest BCUT2D eigenvalue weighted by molar-refractivity contribution is -0.144. The largest absolute Gasteiger partial charge is 0.497 e. The number of fused-ring (bicyclic) bond motifs is 2. The number of hydrogen-bond acceptors (Lipinski definition) is 3. The van der Waals surface area contributed by atoms with Gasteiger partial charge in [0.15, 0.2) is 0 Å². The summed E-state index contributed by atoms with van der Waals surface area (Å²) in [6.07, 6.45) is 3.69. The van der Waals surface area contributed by atoms with Gasteiger partial charge in [-0.15, -0.1) is 0 Å². The van der Waals surface area contributed by atoms with Crippen LogP contribution in [0.5, 0.6) is 5.75 Å². The fourth-order valence-electron chi connectivity index (χ4n) is 6.34. The number of carboxylic acid groups (broad SMARTS) is 1. The van der Waals surface area contributed by atoms with Crippen molar-refractivity contribution < 1.29 is 14.6 Å². The number of carbonyl (C=O) groups is 1. The molecule has 3 aromatic rings. The first-order chi connectivity index (χ1) is 16.4. The molecule has 0 amide bonds. The zero-order valence-corrected chi connectivity index (χ0v) is 20.4. The Balaban J connectivity index is 1.51. The van der Waals surface area contributed by atoms with Crippen molar-refractivity contribution in [2.75, 3.05) is 12.4 Å². The summed E-state index contributed by atoms with van der Waals surface area (Å²) < 4.78 is 5.45. The second kappa shape index (κ2) is 8.66. The molecule has 1 spiro atoms. The highest BCUT2D eigenvalue weighted by molar-refractivity contribution is 6.30. The first-order valence-electron chi connectivity index (χ1n) is 11.9. The van der Waals surface area contributed by atoms with Crippen molar-refractivity contribution in [3.8, 4) is 5.75 Å². The molecular weight excluding hydrogens is 446 g/mol. The smallest absolute Gasteiger partial charge is 0.329 e. The highest BCUT2D eigenvalue weighted by Gasteiger charge is 2.54. The minimum Gasteiger partial charge on any atom is -0.497 e. The van der Waals surface area contributed by atoms with E-state index in [0.29, 0.717) is 23.8 Å². The number of aliphatic carboxylic acids is 1. The topological polar surface area (TPSA) is 58.6 Å². The van der Waals surface area contributed by atoms with Gasteiger partial charge in [-0.3, -0.25) is 0 Å². The summed E-state index contributed by atoms with van der Waals surface area (Å²) in [5.41, 5.74) is 4.99. The van der Waals surface area contributed by atoms with Crippen molar-refractivity contribution in [1.82, 2.24) is 0 Å². The average Bonchev–Trinajstić information content (AvgIpc) is 3.14. The molecule has 0 heterocycles. The average molecular weight is 476 g/mol. The molecule has 5 heteroatoms. The van der Waals surface area contributed by atoms with Gasteiger partial charge in [-0.05, 0) is 97.5 Å². The van der Waals surface area contributed by atoms with Crippen LogP contribution in [0.2, 0.25) is 5.02 Å². The molecule has 0 bridgehead atoms. The maximum absolute atomic E-state index is 12.6. The molecule has 2 aliphatic rings. The Kier molecular flexibility index (Phi) is 5.81. The van der Waals surface area contributed by atoms with Crippen molar-refractivity contribution in [2.24, 2.45) is 0 Å². The Labute approximate surface area is 205 Å². The third kappa shape index (κ3) is 3.74. The van der Waals surface area contributed by atoms with Gasteiger partial charge in [-0.1, -0.05) is 48.0 Å². The van der Waals surface area contributed by atoms with Crippen molar-refractivity contribution in [3.05, 3.63) is 94.0 Å². The van der Waals surface area contributed by atoms with Crippen LogP contribution in [0.15, 0.2) is 66.7 Å². The number of carboxylic acids is 1. The number of halogens is 1. The van der Waals surface area contributed by atoms with Crippen LogP contribution in [0.25, 0.3) is 0 Å². The molecule has 176 valence electrons. The molecular formula is C29H30ClNO3. The number of aryl methyl sites for hydroxylation is 1. The number of anilines is 1. The van der Waals surface area contributed by atoms with Crippen LogP contribution < -0.4 is 10.1 Å². The molecule has 1 atom stereocenters. The highest BCUT2D eigenvalue weighted by Crippen LogP contribution is 2.58. The van der Waals surface area contributed by atoms with Gasteiger partial charge < -0.3 is 15.2 Å². The van der Waals surface area contributed by atoms with Crippen molar-refractivity contribution >= 4 is 23.3 Å². The van der Waals surface area contributed by atoms with Gasteiger partial charge in [-0.25, -0.2) is 4.79 Å². The molecule has 4 nitrogen and oxygen atoms in total. The zero-order valence-electron chi connectivity index (χ0n) is 19.6. The standard InChI is InChI=1S/C29H30ClNO3/c1-19-16-23(34-2)10-11-24(19)26-17-20-6-3-4-9-25(20)28(26)12-14-29(15-13-28,27(32)33)31-22-8-5-7-21(30)18-22/h3-11,16,18,26,31H,12-15,17H2,1-2H3,(H,32,33). The molecule has 0 aromatic heterocycles. The van der Waals surface area contributed by atoms with E-state index >= 15 is 0 Å². The van der Waals surface area contributed by atoms with Gasteiger partial charge >= 0.3 is 5.97 Å². The maximum atomic E-state index is 12.6. The Morgan fingerprint density at radius 3 is 2.47 bits per heavy atom. The number of ether oxygens (including phenoxy) is 1. The van der Waals surface area contributed by atoms with Gasteiger partial charge in [-0.2, -0.15) is 0 Å². The number of benzene rings is 3. The molecule has 5 rings (SSSR count). The van der Waals surface area contributed by atoms with Gasteiger partial charge in [0, 0.05) is 16.1 Å². The fourth-order valence-corrected chi connectivity index (χ4v) is 6.53. The highest BCUT2D eigenvalue weighted by atomic mass is 35.5. The molecule has 34 heavy (non-hydrogen) atoms. The van der Waals surface area contributed by atoms with E-state index in [1.54, 1.807) is 19.2 Å². The zero-order chi connectivity index (χ0) is 23.9. The van der Waals surface area contributed by atoms with E-state index in [9.17, 15) is 9.90 Å². The summed E-state index contributed by atoms with van der Waals surface area (Å²) >= 11 is 6.17. The van der Waals surface area contributed by atoms with Crippen molar-refractivity contribution in [2.45, 2.75) is 55.9 Å². The van der Waals surface area contributed by atoms with Gasteiger partial charge in [0.2, 0.25) is 0 Å². The summed E-state index contributed by atoms with van der Waals surface area (Å²) in [6.45, 7) is 2.15. The Morgan fingerprint density at radius 1 is 1.03 bits per heavy atom. The third-order valence-electron chi connectivity index (χ3n) is 8.11. The van der Waals surface area contributed by atoms with Crippen LogP contribution in [0.3, 0.4) is 0 Å². The monoisotopic (exact) mass is 475 g/mol. The molecule has 0 saturated heterocycles. The summed E-state index contributed by atoms with van der Waals surface area (Å²) in [5.74, 6) is 0.379. The first-order valence-corrected chi connectivity index (χ1v) is 12.2. The molecule has 0 aliphatic heterocycles. The second-order valence-electron chi connectivity index (χ2n) is 9.82. The van der Waals surface area contributed by atoms with E-state index in [4.69, 9.17) is 16.3 Å². The van der Waals surface area contributed by atoms with Crippen LogP contribution in [-0.2, 0) is 16.6 Å². The minimum atomic E-state index is -1.01. The quantitative estimate of drug-likeness (QED) is 0.428. The first kappa shape index (κ1) is 22.8. The Morgan fingerprint density at radius 2 is 1.79 bits per heavy atom. The summed E-state index contributed by atoms with van der Waals surface area (Å²) in [7, 11) is 1.70. The van der Waals surface area contributed by atoms with E-state index in [1.165, 1.54) is 22.3 Å². The van der Waals surface area contributed by atoms with E-state index in [-0.39, 0.29) is 5.41 Å². The molecule has 1 saturated carbocycles. The summed E-state index contributed by atoms with van der Waals surface area (Å²) in [4.78, 5) is 12.6. The van der Waals surface area contributed by atoms with Crippen LogP contribution >= 0.6 is 11.6 Å². The second-order valence-corrected chi connectivity index (χ2v) is 10.3.